The molecule has 0 saturated heterocycles. The summed E-state index contributed by atoms with van der Waals surface area (Å²) in [5.41, 5.74) is 8.05. The molecule has 1 aromatic heterocycles. The van der Waals surface area contributed by atoms with Crippen molar-refractivity contribution in [1.29, 1.82) is 0 Å². The van der Waals surface area contributed by atoms with Crippen molar-refractivity contribution >= 4 is 0 Å². The topological polar surface area (TPSA) is 48.1 Å². The van der Waals surface area contributed by atoms with E-state index in [1.54, 1.807) is 37.7 Å². The maximum absolute atomic E-state index is 13.2. The maximum Gasteiger partial charge on any atom is 0.416 e. The van der Waals surface area contributed by atoms with Crippen molar-refractivity contribution in [3.8, 4) is 28.0 Å². The Balaban J connectivity index is 2.16. The Hall–Kier alpha value is -2.86. The monoisotopic (exact) mass is 358 g/mol. The molecular formula is C20H17F3N2O. The molecule has 0 bridgehead atoms. The minimum atomic E-state index is -4.43. The molecule has 3 rings (SSSR count). The summed E-state index contributed by atoms with van der Waals surface area (Å²) in [7, 11) is 1.55. The van der Waals surface area contributed by atoms with Crippen molar-refractivity contribution in [2.45, 2.75) is 12.7 Å². The summed E-state index contributed by atoms with van der Waals surface area (Å²) in [4.78, 5) is 3.99. The molecule has 2 N–H and O–H groups in total. The Morgan fingerprint density at radius 1 is 0.923 bits per heavy atom. The Bertz CT molecular complexity index is 909. The summed E-state index contributed by atoms with van der Waals surface area (Å²) < 4.78 is 45.0. The lowest BCUT2D eigenvalue weighted by Gasteiger charge is -2.14. The van der Waals surface area contributed by atoms with Gasteiger partial charge in [-0.2, -0.15) is 13.2 Å². The molecule has 26 heavy (non-hydrogen) atoms. The van der Waals surface area contributed by atoms with Gasteiger partial charge in [-0.05, 0) is 64.7 Å². The average molecular weight is 358 g/mol. The second-order valence-electron chi connectivity index (χ2n) is 5.77. The van der Waals surface area contributed by atoms with Crippen molar-refractivity contribution in [3.05, 3.63) is 72.1 Å². The average Bonchev–Trinajstić information content (AvgIpc) is 2.67. The summed E-state index contributed by atoms with van der Waals surface area (Å²) in [5.74, 6) is 0.631. The molecule has 134 valence electrons. The Labute approximate surface area is 149 Å². The Morgan fingerprint density at radius 2 is 1.65 bits per heavy atom. The number of rotatable bonds is 4. The number of halogens is 3. The van der Waals surface area contributed by atoms with E-state index in [4.69, 9.17) is 10.5 Å². The fourth-order valence-electron chi connectivity index (χ4n) is 2.78. The van der Waals surface area contributed by atoms with E-state index < -0.39 is 11.7 Å². The van der Waals surface area contributed by atoms with Gasteiger partial charge in [-0.15, -0.1) is 0 Å². The van der Waals surface area contributed by atoms with E-state index in [-0.39, 0.29) is 6.54 Å². The minimum Gasteiger partial charge on any atom is -0.496 e. The molecule has 6 heteroatoms. The normalized spacial score (nSPS) is 11.4. The molecule has 3 nitrogen and oxygen atoms in total. The molecule has 0 radical (unpaired) electrons. The lowest BCUT2D eigenvalue weighted by molar-refractivity contribution is -0.137. The highest BCUT2D eigenvalue weighted by Gasteiger charge is 2.31. The van der Waals surface area contributed by atoms with Crippen molar-refractivity contribution < 1.29 is 17.9 Å². The zero-order valence-corrected chi connectivity index (χ0v) is 14.0. The van der Waals surface area contributed by atoms with Crippen LogP contribution in [0.5, 0.6) is 5.75 Å². The summed E-state index contributed by atoms with van der Waals surface area (Å²) >= 11 is 0. The maximum atomic E-state index is 13.2. The van der Waals surface area contributed by atoms with Gasteiger partial charge in [0.05, 0.1) is 12.7 Å². The van der Waals surface area contributed by atoms with Crippen LogP contribution in [0.15, 0.2) is 60.9 Å². The molecule has 0 saturated carbocycles. The molecule has 0 spiro atoms. The second-order valence-corrected chi connectivity index (χ2v) is 5.77. The van der Waals surface area contributed by atoms with Gasteiger partial charge in [0.1, 0.15) is 5.75 Å². The highest BCUT2D eigenvalue weighted by atomic mass is 19.4. The number of ether oxygens (including phenoxy) is 1. The molecule has 1 heterocycles. The molecule has 0 aliphatic rings. The van der Waals surface area contributed by atoms with Crippen molar-refractivity contribution in [3.63, 3.8) is 0 Å². The van der Waals surface area contributed by atoms with Gasteiger partial charge in [-0.3, -0.25) is 4.98 Å². The third-order valence-corrected chi connectivity index (χ3v) is 4.08. The van der Waals surface area contributed by atoms with E-state index in [1.165, 1.54) is 0 Å². The van der Waals surface area contributed by atoms with Crippen LogP contribution in [0.1, 0.15) is 11.1 Å². The first-order chi connectivity index (χ1) is 12.4. The number of methoxy groups -OCH3 is 1. The number of pyridine rings is 1. The van der Waals surface area contributed by atoms with Crippen LogP contribution >= 0.6 is 0 Å². The first-order valence-electron chi connectivity index (χ1n) is 7.92. The van der Waals surface area contributed by atoms with Gasteiger partial charge in [0.2, 0.25) is 0 Å². The SMILES string of the molecule is COc1ccc(-c2cc(CN)cc(C(F)(F)F)c2)cc1-c1ccncc1. The van der Waals surface area contributed by atoms with Crippen molar-refractivity contribution in [2.24, 2.45) is 5.73 Å². The minimum absolute atomic E-state index is 0.0320. The molecular weight excluding hydrogens is 341 g/mol. The summed E-state index contributed by atoms with van der Waals surface area (Å²) in [6.07, 6.45) is -1.13. The van der Waals surface area contributed by atoms with Gasteiger partial charge in [0.25, 0.3) is 0 Å². The van der Waals surface area contributed by atoms with Gasteiger partial charge in [0, 0.05) is 24.5 Å². The number of nitrogens with zero attached hydrogens (tertiary/aromatic N) is 1. The van der Waals surface area contributed by atoms with E-state index in [0.29, 0.717) is 22.4 Å². The number of alkyl halides is 3. The highest BCUT2D eigenvalue weighted by Crippen LogP contribution is 2.37. The number of hydrogen-bond donors (Lipinski definition) is 1. The molecule has 0 aliphatic carbocycles. The molecule has 3 aromatic rings. The van der Waals surface area contributed by atoms with E-state index in [1.807, 2.05) is 18.2 Å². The van der Waals surface area contributed by atoms with Crippen molar-refractivity contribution in [1.82, 2.24) is 4.98 Å². The van der Waals surface area contributed by atoms with Crippen LogP contribution in [0.3, 0.4) is 0 Å². The fraction of sp³-hybridized carbons (Fsp3) is 0.150. The van der Waals surface area contributed by atoms with Crippen LogP contribution < -0.4 is 10.5 Å². The van der Waals surface area contributed by atoms with Gasteiger partial charge in [-0.1, -0.05) is 6.07 Å². The third kappa shape index (κ3) is 3.70. The highest BCUT2D eigenvalue weighted by molar-refractivity contribution is 5.78. The molecule has 0 fully saturated rings. The lowest BCUT2D eigenvalue weighted by Crippen LogP contribution is -2.07. The Morgan fingerprint density at radius 3 is 2.27 bits per heavy atom. The van der Waals surface area contributed by atoms with E-state index >= 15 is 0 Å². The van der Waals surface area contributed by atoms with E-state index in [9.17, 15) is 13.2 Å². The molecule has 0 amide bonds. The Kier molecular flexibility index (Phi) is 4.95. The number of hydrogen-bond acceptors (Lipinski definition) is 3. The van der Waals surface area contributed by atoms with Crippen LogP contribution in [0.25, 0.3) is 22.3 Å². The zero-order valence-electron chi connectivity index (χ0n) is 14.0. The van der Waals surface area contributed by atoms with Crippen LogP contribution in [-0.2, 0) is 12.7 Å². The van der Waals surface area contributed by atoms with Gasteiger partial charge in [0.15, 0.2) is 0 Å². The van der Waals surface area contributed by atoms with Crippen molar-refractivity contribution in [2.75, 3.05) is 7.11 Å². The first kappa shape index (κ1) is 17.9. The second kappa shape index (κ2) is 7.17. The van der Waals surface area contributed by atoms with Gasteiger partial charge in [-0.25, -0.2) is 0 Å². The number of aromatic nitrogens is 1. The number of benzene rings is 2. The fourth-order valence-corrected chi connectivity index (χ4v) is 2.78. The van der Waals surface area contributed by atoms with Crippen LogP contribution in [0.4, 0.5) is 13.2 Å². The third-order valence-electron chi connectivity index (χ3n) is 4.08. The van der Waals surface area contributed by atoms with Gasteiger partial charge < -0.3 is 10.5 Å². The predicted molar refractivity (Wildman–Crippen MR) is 94.6 cm³/mol. The molecule has 0 atom stereocenters. The van der Waals surface area contributed by atoms with E-state index in [0.717, 1.165) is 23.3 Å². The summed E-state index contributed by atoms with van der Waals surface area (Å²) in [6, 6.07) is 12.8. The first-order valence-corrected chi connectivity index (χ1v) is 7.92. The molecule has 2 aromatic carbocycles. The quantitative estimate of drug-likeness (QED) is 0.721. The van der Waals surface area contributed by atoms with Crippen LogP contribution in [0, 0.1) is 0 Å². The van der Waals surface area contributed by atoms with Gasteiger partial charge >= 0.3 is 6.18 Å². The van der Waals surface area contributed by atoms with E-state index in [2.05, 4.69) is 4.98 Å². The standard InChI is InChI=1S/C20H17F3N2O/c1-26-19-3-2-15(11-18(19)14-4-6-25-7-5-14)16-8-13(12-24)9-17(10-16)20(21,22)23/h2-11H,12,24H2,1H3. The number of nitrogens with two attached hydrogens (primary N) is 1. The smallest absolute Gasteiger partial charge is 0.416 e. The molecule has 0 unspecified atom stereocenters. The lowest BCUT2D eigenvalue weighted by atomic mass is 9.96. The zero-order chi connectivity index (χ0) is 18.7. The predicted octanol–water partition coefficient (Wildman–Crippen LogP) is 4.90. The largest absolute Gasteiger partial charge is 0.496 e. The summed E-state index contributed by atoms with van der Waals surface area (Å²) in [5, 5.41) is 0. The van der Waals surface area contributed by atoms with Crippen LogP contribution in [0.2, 0.25) is 0 Å². The van der Waals surface area contributed by atoms with Crippen LogP contribution in [-0.4, -0.2) is 12.1 Å². The summed E-state index contributed by atoms with van der Waals surface area (Å²) in [6.45, 7) is 0.0320. The molecule has 0 aliphatic heterocycles.